The first-order valence-corrected chi connectivity index (χ1v) is 7.90. The molecule has 0 aromatic carbocycles. The van der Waals surface area contributed by atoms with E-state index in [0.29, 0.717) is 17.5 Å². The largest absolute Gasteiger partial charge is 0.318 e. The lowest BCUT2D eigenvalue weighted by Crippen LogP contribution is -2.31. The van der Waals surface area contributed by atoms with Crippen LogP contribution in [0.1, 0.15) is 18.7 Å². The number of fused-ring (bicyclic) bond motifs is 1. The molecule has 2 aliphatic rings. The fraction of sp³-hybridized carbons (Fsp3) is 0.727. The lowest BCUT2D eigenvalue weighted by atomic mass is 10.1. The highest BCUT2D eigenvalue weighted by Gasteiger charge is 2.26. The van der Waals surface area contributed by atoms with Crippen LogP contribution in [0.4, 0.5) is 0 Å². The second kappa shape index (κ2) is 4.64. The Hall–Kier alpha value is -0.920. The molecule has 7 heteroatoms. The highest BCUT2D eigenvalue weighted by atomic mass is 32.2. The Kier molecular flexibility index (Phi) is 3.13. The van der Waals surface area contributed by atoms with E-state index in [1.54, 1.807) is 0 Å². The first kappa shape index (κ1) is 12.1. The van der Waals surface area contributed by atoms with Crippen LogP contribution < -0.4 is 10.0 Å². The van der Waals surface area contributed by atoms with Crippen LogP contribution in [0.25, 0.3) is 0 Å². The van der Waals surface area contributed by atoms with E-state index in [1.165, 1.54) is 6.20 Å². The number of nitrogens with one attached hydrogen (secondary N) is 2. The lowest BCUT2D eigenvalue weighted by Gasteiger charge is -2.11. The molecule has 100 valence electrons. The topological polar surface area (TPSA) is 76.0 Å². The first-order valence-electron chi connectivity index (χ1n) is 6.41. The maximum atomic E-state index is 12.2. The summed E-state index contributed by atoms with van der Waals surface area (Å²) in [6.07, 6.45) is 4.37. The quantitative estimate of drug-likeness (QED) is 0.789. The molecule has 18 heavy (non-hydrogen) atoms. The molecule has 6 nitrogen and oxygen atoms in total. The van der Waals surface area contributed by atoms with Crippen LogP contribution in [-0.2, 0) is 23.0 Å². The van der Waals surface area contributed by atoms with Gasteiger partial charge in [-0.3, -0.25) is 0 Å². The molecular weight excluding hydrogens is 252 g/mol. The molecule has 0 saturated carbocycles. The van der Waals surface area contributed by atoms with E-state index in [0.717, 1.165) is 44.7 Å². The van der Waals surface area contributed by atoms with Gasteiger partial charge in [-0.25, -0.2) is 18.1 Å². The van der Waals surface area contributed by atoms with Gasteiger partial charge in [-0.05, 0) is 31.8 Å². The van der Waals surface area contributed by atoms with Crippen molar-refractivity contribution in [1.82, 2.24) is 19.6 Å². The smallest absolute Gasteiger partial charge is 0.257 e. The van der Waals surface area contributed by atoms with Gasteiger partial charge in [0.1, 0.15) is 5.82 Å². The summed E-state index contributed by atoms with van der Waals surface area (Å²) in [5.41, 5.74) is 0. The normalized spacial score (nSPS) is 23.4. The summed E-state index contributed by atoms with van der Waals surface area (Å²) in [4.78, 5) is 4.17. The molecule has 1 aromatic heterocycles. The SMILES string of the molecule is O=S(=O)(NCC1CCNC1)c1cnc2n1CCC2. The zero-order valence-electron chi connectivity index (χ0n) is 10.2. The van der Waals surface area contributed by atoms with Crippen molar-refractivity contribution in [1.29, 1.82) is 0 Å². The number of hydrogen-bond donors (Lipinski definition) is 2. The average molecular weight is 270 g/mol. The zero-order valence-corrected chi connectivity index (χ0v) is 11.0. The summed E-state index contributed by atoms with van der Waals surface area (Å²) >= 11 is 0. The van der Waals surface area contributed by atoms with Crippen LogP contribution in [-0.4, -0.2) is 37.6 Å². The Morgan fingerprint density at radius 1 is 1.56 bits per heavy atom. The van der Waals surface area contributed by atoms with Gasteiger partial charge in [-0.15, -0.1) is 0 Å². The second-order valence-corrected chi connectivity index (χ2v) is 6.69. The second-order valence-electron chi connectivity index (χ2n) is 4.98. The molecule has 1 fully saturated rings. The fourth-order valence-electron chi connectivity index (χ4n) is 2.63. The third kappa shape index (κ3) is 2.17. The van der Waals surface area contributed by atoms with E-state index in [1.807, 2.05) is 4.57 Å². The Morgan fingerprint density at radius 2 is 2.44 bits per heavy atom. The number of rotatable bonds is 4. The summed E-state index contributed by atoms with van der Waals surface area (Å²) in [7, 11) is -3.41. The number of sulfonamides is 1. The minimum absolute atomic E-state index is 0.320. The van der Waals surface area contributed by atoms with Crippen LogP contribution in [0.3, 0.4) is 0 Å². The van der Waals surface area contributed by atoms with Gasteiger partial charge in [-0.1, -0.05) is 0 Å². The monoisotopic (exact) mass is 270 g/mol. The molecule has 0 bridgehead atoms. The molecule has 3 rings (SSSR count). The van der Waals surface area contributed by atoms with E-state index in [9.17, 15) is 8.42 Å². The van der Waals surface area contributed by atoms with Gasteiger partial charge in [0.15, 0.2) is 5.03 Å². The van der Waals surface area contributed by atoms with E-state index in [2.05, 4.69) is 15.0 Å². The number of imidazole rings is 1. The summed E-state index contributed by atoms with van der Waals surface area (Å²) in [5, 5.41) is 3.55. The van der Waals surface area contributed by atoms with Crippen molar-refractivity contribution in [2.24, 2.45) is 5.92 Å². The van der Waals surface area contributed by atoms with E-state index in [4.69, 9.17) is 0 Å². The van der Waals surface area contributed by atoms with Crippen molar-refractivity contribution in [3.63, 3.8) is 0 Å². The Balaban J connectivity index is 1.73. The van der Waals surface area contributed by atoms with Gasteiger partial charge in [0.2, 0.25) is 0 Å². The van der Waals surface area contributed by atoms with Gasteiger partial charge in [-0.2, -0.15) is 0 Å². The molecule has 2 N–H and O–H groups in total. The maximum Gasteiger partial charge on any atom is 0.257 e. The number of hydrogen-bond acceptors (Lipinski definition) is 4. The van der Waals surface area contributed by atoms with Gasteiger partial charge in [0.25, 0.3) is 10.0 Å². The van der Waals surface area contributed by atoms with E-state index in [-0.39, 0.29) is 0 Å². The summed E-state index contributed by atoms with van der Waals surface area (Å²) in [5.74, 6) is 1.29. The lowest BCUT2D eigenvalue weighted by molar-refractivity contribution is 0.530. The molecule has 1 unspecified atom stereocenters. The molecule has 3 heterocycles. The van der Waals surface area contributed by atoms with Gasteiger partial charge < -0.3 is 9.88 Å². The predicted octanol–water partition coefficient (Wildman–Crippen LogP) is -0.283. The number of nitrogens with zero attached hydrogens (tertiary/aromatic N) is 2. The summed E-state index contributed by atoms with van der Waals surface area (Å²) < 4.78 is 29.0. The molecule has 1 atom stereocenters. The van der Waals surface area contributed by atoms with Crippen molar-refractivity contribution >= 4 is 10.0 Å². The highest BCUT2D eigenvalue weighted by Crippen LogP contribution is 2.20. The van der Waals surface area contributed by atoms with Crippen LogP contribution in [0.5, 0.6) is 0 Å². The molecule has 2 aliphatic heterocycles. The first-order chi connectivity index (χ1) is 8.67. The van der Waals surface area contributed by atoms with E-state index >= 15 is 0 Å². The van der Waals surface area contributed by atoms with Gasteiger partial charge >= 0.3 is 0 Å². The molecule has 1 saturated heterocycles. The van der Waals surface area contributed by atoms with Crippen molar-refractivity contribution in [2.75, 3.05) is 19.6 Å². The van der Waals surface area contributed by atoms with Crippen molar-refractivity contribution in [2.45, 2.75) is 30.8 Å². The molecule has 1 aromatic rings. The van der Waals surface area contributed by atoms with Crippen LogP contribution in [0.2, 0.25) is 0 Å². The fourth-order valence-corrected chi connectivity index (χ4v) is 3.92. The molecule has 0 radical (unpaired) electrons. The summed E-state index contributed by atoms with van der Waals surface area (Å²) in [6.45, 7) is 3.15. The minimum Gasteiger partial charge on any atom is -0.318 e. The maximum absolute atomic E-state index is 12.2. The van der Waals surface area contributed by atoms with Crippen molar-refractivity contribution < 1.29 is 8.42 Å². The minimum atomic E-state index is -3.41. The van der Waals surface area contributed by atoms with Crippen LogP contribution in [0, 0.1) is 5.92 Å². The van der Waals surface area contributed by atoms with Gasteiger partial charge in [0, 0.05) is 19.5 Å². The number of aromatic nitrogens is 2. The molecule has 0 aliphatic carbocycles. The Labute approximate surface area is 107 Å². The van der Waals surface area contributed by atoms with Crippen molar-refractivity contribution in [3.8, 4) is 0 Å². The number of aryl methyl sites for hydroxylation is 1. The standard InChI is InChI=1S/C11H18N4O2S/c16-18(17,14-7-9-3-4-12-6-9)11-8-13-10-2-1-5-15(10)11/h8-9,12,14H,1-7H2. The molecule has 0 spiro atoms. The van der Waals surface area contributed by atoms with E-state index < -0.39 is 10.0 Å². The molecular formula is C11H18N4O2S. The van der Waals surface area contributed by atoms with Gasteiger partial charge in [0.05, 0.1) is 6.20 Å². The third-order valence-corrected chi connectivity index (χ3v) is 5.11. The Bertz CT molecular complexity index is 531. The van der Waals surface area contributed by atoms with Crippen LogP contribution in [0.15, 0.2) is 11.2 Å². The van der Waals surface area contributed by atoms with Crippen LogP contribution >= 0.6 is 0 Å². The molecule has 0 amide bonds. The highest BCUT2D eigenvalue weighted by molar-refractivity contribution is 7.89. The third-order valence-electron chi connectivity index (χ3n) is 3.68. The average Bonchev–Trinajstić information content (AvgIpc) is 3.03. The zero-order chi connectivity index (χ0) is 12.6. The predicted molar refractivity (Wildman–Crippen MR) is 66.7 cm³/mol. The Morgan fingerprint density at radius 3 is 3.22 bits per heavy atom. The summed E-state index contributed by atoms with van der Waals surface area (Å²) in [6, 6.07) is 0. The van der Waals surface area contributed by atoms with Crippen molar-refractivity contribution in [3.05, 3.63) is 12.0 Å².